The highest BCUT2D eigenvalue weighted by Gasteiger charge is 2.16. The second-order valence-electron chi connectivity index (χ2n) is 2.69. The normalized spacial score (nSPS) is 11.6. The first-order valence-electron chi connectivity index (χ1n) is 3.37. The van der Waals surface area contributed by atoms with Gasteiger partial charge in [0.25, 0.3) is 0 Å². The van der Waals surface area contributed by atoms with Crippen molar-refractivity contribution in [1.29, 1.82) is 0 Å². The monoisotopic (exact) mass is 152 g/mol. The summed E-state index contributed by atoms with van der Waals surface area (Å²) in [6.07, 6.45) is 0. The third kappa shape index (κ3) is 2.01. The Labute approximate surface area is 65.6 Å². The van der Waals surface area contributed by atoms with E-state index in [1.807, 2.05) is 13.0 Å². The van der Waals surface area contributed by atoms with Gasteiger partial charge in [0.2, 0.25) is 0 Å². The van der Waals surface area contributed by atoms with E-state index >= 15 is 0 Å². The van der Waals surface area contributed by atoms with E-state index in [9.17, 15) is 0 Å². The van der Waals surface area contributed by atoms with E-state index in [4.69, 9.17) is 16.6 Å². The highest BCUT2D eigenvalue weighted by Crippen LogP contribution is 2.10. The molecule has 0 spiro atoms. The standard InChI is InChI=1S/C8H12N2O/c1-6-3-2-4-7(5-6)8(9,10)11/h2-5,11H,9-10H2,1H3. The van der Waals surface area contributed by atoms with Gasteiger partial charge in [0.15, 0.2) is 5.85 Å². The molecule has 0 heterocycles. The molecule has 0 saturated heterocycles. The molecule has 11 heavy (non-hydrogen) atoms. The van der Waals surface area contributed by atoms with Gasteiger partial charge in [0.05, 0.1) is 0 Å². The maximum Gasteiger partial charge on any atom is 0.194 e. The van der Waals surface area contributed by atoms with E-state index in [1.165, 1.54) is 0 Å². The van der Waals surface area contributed by atoms with Crippen molar-refractivity contribution in [1.82, 2.24) is 0 Å². The van der Waals surface area contributed by atoms with Gasteiger partial charge < -0.3 is 5.11 Å². The van der Waals surface area contributed by atoms with Crippen molar-refractivity contribution in [2.45, 2.75) is 12.8 Å². The van der Waals surface area contributed by atoms with Crippen molar-refractivity contribution in [3.05, 3.63) is 35.4 Å². The topological polar surface area (TPSA) is 72.3 Å². The van der Waals surface area contributed by atoms with E-state index in [2.05, 4.69) is 0 Å². The van der Waals surface area contributed by atoms with Crippen LogP contribution in [0.25, 0.3) is 0 Å². The SMILES string of the molecule is Cc1cccc(C(N)(N)O)c1. The summed E-state index contributed by atoms with van der Waals surface area (Å²) in [6, 6.07) is 7.15. The fourth-order valence-electron chi connectivity index (χ4n) is 0.894. The first-order valence-corrected chi connectivity index (χ1v) is 3.37. The van der Waals surface area contributed by atoms with E-state index in [-0.39, 0.29) is 0 Å². The van der Waals surface area contributed by atoms with Crippen molar-refractivity contribution in [3.8, 4) is 0 Å². The molecule has 0 bridgehead atoms. The zero-order valence-corrected chi connectivity index (χ0v) is 6.41. The van der Waals surface area contributed by atoms with Gasteiger partial charge >= 0.3 is 0 Å². The molecule has 1 rings (SSSR count). The largest absolute Gasteiger partial charge is 0.360 e. The van der Waals surface area contributed by atoms with E-state index in [0.29, 0.717) is 5.56 Å². The van der Waals surface area contributed by atoms with E-state index < -0.39 is 5.85 Å². The third-order valence-electron chi connectivity index (χ3n) is 1.48. The Bertz CT molecular complexity index is 253. The average Bonchev–Trinajstić information content (AvgIpc) is 1.86. The zero-order valence-electron chi connectivity index (χ0n) is 6.41. The van der Waals surface area contributed by atoms with Gasteiger partial charge in [-0.05, 0) is 6.92 Å². The van der Waals surface area contributed by atoms with Crippen LogP contribution in [0.1, 0.15) is 11.1 Å². The second kappa shape index (κ2) is 2.62. The van der Waals surface area contributed by atoms with Crippen LogP contribution in [0.4, 0.5) is 0 Å². The maximum atomic E-state index is 9.17. The Morgan fingerprint density at radius 1 is 1.36 bits per heavy atom. The van der Waals surface area contributed by atoms with Crippen molar-refractivity contribution >= 4 is 0 Å². The van der Waals surface area contributed by atoms with Crippen molar-refractivity contribution in [3.63, 3.8) is 0 Å². The summed E-state index contributed by atoms with van der Waals surface area (Å²) in [7, 11) is 0. The van der Waals surface area contributed by atoms with Gasteiger partial charge in [0.1, 0.15) is 0 Å². The minimum atomic E-state index is -1.72. The molecule has 0 unspecified atom stereocenters. The maximum absolute atomic E-state index is 9.17. The first-order chi connectivity index (χ1) is 5.00. The highest BCUT2D eigenvalue weighted by atomic mass is 16.3. The molecular formula is C8H12N2O. The molecule has 5 N–H and O–H groups in total. The molecule has 0 aliphatic rings. The summed E-state index contributed by atoms with van der Waals surface area (Å²) in [4.78, 5) is 0. The quantitative estimate of drug-likeness (QED) is 0.496. The van der Waals surface area contributed by atoms with Crippen molar-refractivity contribution in [2.24, 2.45) is 11.5 Å². The molecule has 1 aromatic carbocycles. The summed E-state index contributed by atoms with van der Waals surface area (Å²) < 4.78 is 0. The molecule has 0 fully saturated rings. The molecule has 0 amide bonds. The molecule has 0 aromatic heterocycles. The Morgan fingerprint density at radius 3 is 2.36 bits per heavy atom. The van der Waals surface area contributed by atoms with Crippen LogP contribution in [-0.4, -0.2) is 5.11 Å². The van der Waals surface area contributed by atoms with Gasteiger partial charge in [-0.2, -0.15) is 0 Å². The Morgan fingerprint density at radius 2 is 2.00 bits per heavy atom. The summed E-state index contributed by atoms with van der Waals surface area (Å²) in [6.45, 7) is 1.91. The molecule has 60 valence electrons. The van der Waals surface area contributed by atoms with Crippen molar-refractivity contribution < 1.29 is 5.11 Å². The first kappa shape index (κ1) is 8.20. The number of nitrogens with two attached hydrogens (primary N) is 2. The number of benzene rings is 1. The molecule has 0 radical (unpaired) electrons. The number of hydrogen-bond donors (Lipinski definition) is 3. The van der Waals surface area contributed by atoms with Crippen LogP contribution in [0.5, 0.6) is 0 Å². The lowest BCUT2D eigenvalue weighted by Gasteiger charge is -2.17. The number of aliphatic hydroxyl groups is 1. The minimum Gasteiger partial charge on any atom is -0.360 e. The molecule has 0 saturated carbocycles. The van der Waals surface area contributed by atoms with Gasteiger partial charge in [-0.1, -0.05) is 29.8 Å². The van der Waals surface area contributed by atoms with E-state index in [0.717, 1.165) is 5.56 Å². The molecule has 3 heteroatoms. The van der Waals surface area contributed by atoms with Crippen LogP contribution >= 0.6 is 0 Å². The lowest BCUT2D eigenvalue weighted by molar-refractivity contribution is 0.0508. The molecular weight excluding hydrogens is 140 g/mol. The van der Waals surface area contributed by atoms with Crippen LogP contribution < -0.4 is 11.5 Å². The Balaban J connectivity index is 3.06. The predicted octanol–water partition coefficient (Wildman–Crippen LogP) is 0.0150. The predicted molar refractivity (Wildman–Crippen MR) is 43.5 cm³/mol. The third-order valence-corrected chi connectivity index (χ3v) is 1.48. The van der Waals surface area contributed by atoms with Crippen molar-refractivity contribution in [2.75, 3.05) is 0 Å². The molecule has 0 aliphatic heterocycles. The smallest absolute Gasteiger partial charge is 0.194 e. The van der Waals surface area contributed by atoms with Crippen LogP contribution in [0.15, 0.2) is 24.3 Å². The highest BCUT2D eigenvalue weighted by molar-refractivity contribution is 5.25. The van der Waals surface area contributed by atoms with E-state index in [1.54, 1.807) is 18.2 Å². The number of aryl methyl sites for hydroxylation is 1. The van der Waals surface area contributed by atoms with Gasteiger partial charge in [0, 0.05) is 5.56 Å². The van der Waals surface area contributed by atoms with Crippen LogP contribution in [0.3, 0.4) is 0 Å². The summed E-state index contributed by atoms with van der Waals surface area (Å²) in [5.74, 6) is -1.72. The lowest BCUT2D eigenvalue weighted by atomic mass is 10.1. The average molecular weight is 152 g/mol. The number of hydrogen-bond acceptors (Lipinski definition) is 3. The Hall–Kier alpha value is -0.900. The zero-order chi connectivity index (χ0) is 8.48. The summed E-state index contributed by atoms with van der Waals surface area (Å²) >= 11 is 0. The van der Waals surface area contributed by atoms with Gasteiger partial charge in [-0.15, -0.1) is 0 Å². The Kier molecular flexibility index (Phi) is 1.95. The summed E-state index contributed by atoms with van der Waals surface area (Å²) in [5.41, 5.74) is 12.1. The van der Waals surface area contributed by atoms with Crippen LogP contribution in [0.2, 0.25) is 0 Å². The fourth-order valence-corrected chi connectivity index (χ4v) is 0.894. The fraction of sp³-hybridized carbons (Fsp3) is 0.250. The summed E-state index contributed by atoms with van der Waals surface area (Å²) in [5, 5.41) is 9.17. The second-order valence-corrected chi connectivity index (χ2v) is 2.69. The molecule has 3 nitrogen and oxygen atoms in total. The van der Waals surface area contributed by atoms with Gasteiger partial charge in [-0.25, -0.2) is 0 Å². The molecule has 0 aliphatic carbocycles. The van der Waals surface area contributed by atoms with Gasteiger partial charge in [-0.3, -0.25) is 11.5 Å². The lowest BCUT2D eigenvalue weighted by Crippen LogP contribution is -2.45. The number of rotatable bonds is 1. The van der Waals surface area contributed by atoms with Crippen LogP contribution in [0, 0.1) is 6.92 Å². The van der Waals surface area contributed by atoms with Crippen LogP contribution in [-0.2, 0) is 5.85 Å². The molecule has 1 aromatic rings. The minimum absolute atomic E-state index is 0.525. The molecule has 0 atom stereocenters.